The molecule has 0 spiro atoms. The van der Waals surface area contributed by atoms with Crippen molar-refractivity contribution in [3.63, 3.8) is 0 Å². The first kappa shape index (κ1) is 15.1. The molecule has 5 nitrogen and oxygen atoms in total. The number of fused-ring (bicyclic) bond motifs is 1. The molecule has 0 amide bonds. The third-order valence-electron chi connectivity index (χ3n) is 4.56. The molecule has 124 valence electrons. The fraction of sp³-hybridized carbons (Fsp3) is 0.333. The average molecular weight is 326 g/mol. The lowest BCUT2D eigenvalue weighted by atomic mass is 9.93. The van der Waals surface area contributed by atoms with Crippen molar-refractivity contribution in [2.24, 2.45) is 0 Å². The van der Waals surface area contributed by atoms with Crippen LogP contribution in [0.15, 0.2) is 42.6 Å². The predicted octanol–water partition coefficient (Wildman–Crippen LogP) is 3.25. The Kier molecular flexibility index (Phi) is 3.90. The van der Waals surface area contributed by atoms with E-state index < -0.39 is 0 Å². The SMILES string of the molecule is OC1CCC(Nc2ccc3ncc(-c4ccccc4F)n3n2)CC1. The van der Waals surface area contributed by atoms with Gasteiger partial charge in [-0.2, -0.15) is 0 Å². The zero-order valence-electron chi connectivity index (χ0n) is 13.2. The summed E-state index contributed by atoms with van der Waals surface area (Å²) in [5.41, 5.74) is 1.79. The van der Waals surface area contributed by atoms with Gasteiger partial charge in [0, 0.05) is 11.6 Å². The zero-order valence-corrected chi connectivity index (χ0v) is 13.2. The molecule has 1 saturated carbocycles. The summed E-state index contributed by atoms with van der Waals surface area (Å²) in [6.45, 7) is 0. The van der Waals surface area contributed by atoms with Gasteiger partial charge >= 0.3 is 0 Å². The molecule has 0 radical (unpaired) electrons. The quantitative estimate of drug-likeness (QED) is 0.775. The standard InChI is InChI=1S/C18H19FN4O/c19-15-4-2-1-3-14(15)16-11-20-18-10-9-17(22-23(16)18)21-12-5-7-13(24)8-6-12/h1-4,9-13,24H,5-8H2,(H,21,22). The molecule has 2 heterocycles. The van der Waals surface area contributed by atoms with E-state index in [9.17, 15) is 9.50 Å². The number of rotatable bonds is 3. The van der Waals surface area contributed by atoms with Crippen LogP contribution in [0.25, 0.3) is 16.9 Å². The van der Waals surface area contributed by atoms with E-state index >= 15 is 0 Å². The summed E-state index contributed by atoms with van der Waals surface area (Å²) < 4.78 is 15.7. The summed E-state index contributed by atoms with van der Waals surface area (Å²) >= 11 is 0. The highest BCUT2D eigenvalue weighted by atomic mass is 19.1. The van der Waals surface area contributed by atoms with Crippen molar-refractivity contribution in [1.29, 1.82) is 0 Å². The maximum Gasteiger partial charge on any atom is 0.154 e. The van der Waals surface area contributed by atoms with E-state index in [-0.39, 0.29) is 11.9 Å². The first-order valence-corrected chi connectivity index (χ1v) is 8.25. The summed E-state index contributed by atoms with van der Waals surface area (Å²) in [7, 11) is 0. The molecule has 0 saturated heterocycles. The molecule has 1 aromatic carbocycles. The number of aliphatic hydroxyl groups is 1. The smallest absolute Gasteiger partial charge is 0.154 e. The molecule has 0 atom stereocenters. The van der Waals surface area contributed by atoms with Crippen LogP contribution in [-0.4, -0.2) is 31.9 Å². The summed E-state index contributed by atoms with van der Waals surface area (Å²) in [4.78, 5) is 4.31. The number of aliphatic hydroxyl groups excluding tert-OH is 1. The van der Waals surface area contributed by atoms with Crippen molar-refractivity contribution in [1.82, 2.24) is 14.6 Å². The van der Waals surface area contributed by atoms with Crippen molar-refractivity contribution in [2.75, 3.05) is 5.32 Å². The molecule has 0 bridgehead atoms. The van der Waals surface area contributed by atoms with Crippen molar-refractivity contribution in [3.8, 4) is 11.3 Å². The summed E-state index contributed by atoms with van der Waals surface area (Å²) in [6, 6.07) is 10.7. The Bertz CT molecular complexity index is 855. The number of anilines is 1. The number of nitrogens with zero attached hydrogens (tertiary/aromatic N) is 3. The second kappa shape index (κ2) is 6.20. The Morgan fingerprint density at radius 1 is 1.08 bits per heavy atom. The molecule has 1 aliphatic rings. The van der Waals surface area contributed by atoms with Gasteiger partial charge in [-0.15, -0.1) is 5.10 Å². The average Bonchev–Trinajstić information content (AvgIpc) is 3.00. The molecule has 0 aliphatic heterocycles. The van der Waals surface area contributed by atoms with Gasteiger partial charge in [-0.1, -0.05) is 12.1 Å². The van der Waals surface area contributed by atoms with Crippen molar-refractivity contribution in [3.05, 3.63) is 48.4 Å². The molecule has 24 heavy (non-hydrogen) atoms. The van der Waals surface area contributed by atoms with Crippen molar-refractivity contribution < 1.29 is 9.50 Å². The minimum absolute atomic E-state index is 0.181. The molecular formula is C18H19FN4O. The van der Waals surface area contributed by atoms with E-state index in [0.717, 1.165) is 31.5 Å². The second-order valence-corrected chi connectivity index (χ2v) is 6.26. The van der Waals surface area contributed by atoms with E-state index in [1.54, 1.807) is 28.9 Å². The molecular weight excluding hydrogens is 307 g/mol. The zero-order chi connectivity index (χ0) is 16.5. The van der Waals surface area contributed by atoms with Crippen LogP contribution in [0.5, 0.6) is 0 Å². The molecule has 3 aromatic rings. The number of imidazole rings is 1. The largest absolute Gasteiger partial charge is 0.393 e. The Balaban J connectivity index is 1.65. The number of halogens is 1. The maximum atomic E-state index is 14.1. The molecule has 2 aromatic heterocycles. The normalized spacial score (nSPS) is 21.1. The van der Waals surface area contributed by atoms with Crippen LogP contribution < -0.4 is 5.32 Å². The maximum absolute atomic E-state index is 14.1. The summed E-state index contributed by atoms with van der Waals surface area (Å²) in [5.74, 6) is 0.445. The van der Waals surface area contributed by atoms with Gasteiger partial charge in [-0.3, -0.25) is 0 Å². The molecule has 6 heteroatoms. The van der Waals surface area contributed by atoms with Crippen LogP contribution in [0.2, 0.25) is 0 Å². The number of hydrogen-bond acceptors (Lipinski definition) is 4. The van der Waals surface area contributed by atoms with Crippen LogP contribution in [0.4, 0.5) is 10.2 Å². The Morgan fingerprint density at radius 3 is 2.67 bits per heavy atom. The first-order valence-electron chi connectivity index (χ1n) is 8.25. The van der Waals surface area contributed by atoms with Gasteiger partial charge in [0.2, 0.25) is 0 Å². The van der Waals surface area contributed by atoms with Gasteiger partial charge in [-0.25, -0.2) is 13.9 Å². The Labute approximate surface area is 139 Å². The predicted molar refractivity (Wildman–Crippen MR) is 90.3 cm³/mol. The molecule has 1 aliphatic carbocycles. The van der Waals surface area contributed by atoms with Crippen LogP contribution in [0.3, 0.4) is 0 Å². The minimum atomic E-state index is -0.291. The lowest BCUT2D eigenvalue weighted by Crippen LogP contribution is -2.28. The number of hydrogen-bond donors (Lipinski definition) is 2. The van der Waals surface area contributed by atoms with Crippen molar-refractivity contribution >= 4 is 11.5 Å². The van der Waals surface area contributed by atoms with Gasteiger partial charge in [-0.05, 0) is 49.9 Å². The van der Waals surface area contributed by atoms with E-state index in [4.69, 9.17) is 0 Å². The topological polar surface area (TPSA) is 62.5 Å². The van der Waals surface area contributed by atoms with Crippen molar-refractivity contribution in [2.45, 2.75) is 37.8 Å². The lowest BCUT2D eigenvalue weighted by molar-refractivity contribution is 0.126. The van der Waals surface area contributed by atoms with Crippen LogP contribution in [0.1, 0.15) is 25.7 Å². The minimum Gasteiger partial charge on any atom is -0.393 e. The van der Waals surface area contributed by atoms with E-state index in [2.05, 4.69) is 15.4 Å². The van der Waals surface area contributed by atoms with E-state index in [0.29, 0.717) is 22.9 Å². The van der Waals surface area contributed by atoms with E-state index in [1.807, 2.05) is 12.1 Å². The van der Waals surface area contributed by atoms with Gasteiger partial charge in [0.1, 0.15) is 11.6 Å². The summed E-state index contributed by atoms with van der Waals surface area (Å²) in [5, 5.41) is 17.6. The fourth-order valence-corrected chi connectivity index (χ4v) is 3.23. The molecule has 1 fully saturated rings. The van der Waals surface area contributed by atoms with Crippen LogP contribution >= 0.6 is 0 Å². The highest BCUT2D eigenvalue weighted by Gasteiger charge is 2.20. The van der Waals surface area contributed by atoms with Crippen LogP contribution in [-0.2, 0) is 0 Å². The third-order valence-corrected chi connectivity index (χ3v) is 4.56. The van der Waals surface area contributed by atoms with Gasteiger partial charge < -0.3 is 10.4 Å². The second-order valence-electron chi connectivity index (χ2n) is 6.26. The van der Waals surface area contributed by atoms with E-state index in [1.165, 1.54) is 6.07 Å². The highest BCUT2D eigenvalue weighted by Crippen LogP contribution is 2.25. The van der Waals surface area contributed by atoms with Gasteiger partial charge in [0.15, 0.2) is 5.65 Å². The Morgan fingerprint density at radius 2 is 1.88 bits per heavy atom. The fourth-order valence-electron chi connectivity index (χ4n) is 3.23. The molecule has 2 N–H and O–H groups in total. The number of benzene rings is 1. The number of nitrogens with one attached hydrogen (secondary N) is 1. The van der Waals surface area contributed by atoms with Crippen LogP contribution in [0, 0.1) is 5.82 Å². The third kappa shape index (κ3) is 2.85. The summed E-state index contributed by atoms with van der Waals surface area (Å²) in [6.07, 6.45) is 4.92. The van der Waals surface area contributed by atoms with Gasteiger partial charge in [0.25, 0.3) is 0 Å². The lowest BCUT2D eigenvalue weighted by Gasteiger charge is -2.26. The monoisotopic (exact) mass is 326 g/mol. The van der Waals surface area contributed by atoms with Gasteiger partial charge in [0.05, 0.1) is 18.0 Å². The molecule has 4 rings (SSSR count). The highest BCUT2D eigenvalue weighted by molar-refractivity contribution is 5.64. The first-order chi connectivity index (χ1) is 11.7. The Hall–Kier alpha value is -2.47. The number of aromatic nitrogens is 3. The molecule has 0 unspecified atom stereocenters.